The van der Waals surface area contributed by atoms with E-state index in [1.54, 1.807) is 0 Å². The first-order valence-electron chi connectivity index (χ1n) is 7.67. The maximum atomic E-state index is 12.5. The number of amides is 1. The Morgan fingerprint density at radius 2 is 1.94 bits per heavy atom. The fraction of sp³-hybridized carbons (Fsp3) is 0.933. The van der Waals surface area contributed by atoms with Crippen molar-refractivity contribution in [2.24, 2.45) is 17.3 Å². The van der Waals surface area contributed by atoms with Gasteiger partial charge in [0.25, 0.3) is 0 Å². The highest BCUT2D eigenvalue weighted by Gasteiger charge is 2.58. The molecule has 0 aromatic carbocycles. The Bertz CT molecular complexity index is 316. The van der Waals surface area contributed by atoms with Crippen molar-refractivity contribution in [2.45, 2.75) is 44.9 Å². The molecule has 0 radical (unpaired) electrons. The molecule has 0 aromatic rings. The van der Waals surface area contributed by atoms with E-state index in [1.165, 1.54) is 38.5 Å². The lowest BCUT2D eigenvalue weighted by Crippen LogP contribution is -2.36. The molecular weight excluding hydrogens is 224 g/mol. The molecule has 1 saturated heterocycles. The van der Waals surface area contributed by atoms with Crippen LogP contribution in [0.1, 0.15) is 44.9 Å². The molecule has 3 nitrogen and oxygen atoms in total. The molecule has 18 heavy (non-hydrogen) atoms. The number of nitrogens with zero attached hydrogens (tertiary/aromatic N) is 1. The Balaban J connectivity index is 1.52. The van der Waals surface area contributed by atoms with Gasteiger partial charge < -0.3 is 10.2 Å². The van der Waals surface area contributed by atoms with Gasteiger partial charge in [-0.05, 0) is 56.5 Å². The van der Waals surface area contributed by atoms with Gasteiger partial charge in [0, 0.05) is 19.5 Å². The third kappa shape index (κ3) is 2.29. The molecule has 1 unspecified atom stereocenters. The summed E-state index contributed by atoms with van der Waals surface area (Å²) in [5, 5.41) is 3.40. The normalized spacial score (nSPS) is 30.6. The van der Waals surface area contributed by atoms with Crippen LogP contribution < -0.4 is 5.32 Å². The summed E-state index contributed by atoms with van der Waals surface area (Å²) in [5.74, 6) is 1.57. The number of carbonyl (C=O) groups excluding carboxylic acids is 1. The van der Waals surface area contributed by atoms with Crippen LogP contribution in [0.25, 0.3) is 0 Å². The maximum Gasteiger partial charge on any atom is 0.226 e. The van der Waals surface area contributed by atoms with Gasteiger partial charge >= 0.3 is 0 Å². The SMILES string of the molecule is CN(CC1CCCC1)C(=O)C1CC12CCNCC2. The zero-order chi connectivity index (χ0) is 12.6. The Hall–Kier alpha value is -0.570. The molecule has 0 aromatic heterocycles. The summed E-state index contributed by atoms with van der Waals surface area (Å²) in [6.45, 7) is 3.22. The van der Waals surface area contributed by atoms with E-state index in [4.69, 9.17) is 0 Å². The van der Waals surface area contributed by atoms with Crippen LogP contribution in [0.5, 0.6) is 0 Å². The predicted molar refractivity (Wildman–Crippen MR) is 72.2 cm³/mol. The molecule has 3 rings (SSSR count). The molecular formula is C15H26N2O. The predicted octanol–water partition coefficient (Wildman–Crippen LogP) is 2.02. The van der Waals surface area contributed by atoms with Crippen LogP contribution in [0.4, 0.5) is 0 Å². The van der Waals surface area contributed by atoms with E-state index in [9.17, 15) is 4.79 Å². The van der Waals surface area contributed by atoms with Crippen molar-refractivity contribution in [1.82, 2.24) is 10.2 Å². The molecule has 2 saturated carbocycles. The average molecular weight is 250 g/mol. The molecule has 1 amide bonds. The summed E-state index contributed by atoms with van der Waals surface area (Å²) in [6.07, 6.45) is 8.97. The van der Waals surface area contributed by atoms with Crippen LogP contribution in [0.15, 0.2) is 0 Å². The minimum atomic E-state index is 0.353. The lowest BCUT2D eigenvalue weighted by molar-refractivity contribution is -0.132. The minimum Gasteiger partial charge on any atom is -0.345 e. The van der Waals surface area contributed by atoms with Crippen molar-refractivity contribution >= 4 is 5.91 Å². The molecule has 3 heteroatoms. The molecule has 0 bridgehead atoms. The number of hydrogen-bond acceptors (Lipinski definition) is 2. The Morgan fingerprint density at radius 1 is 1.28 bits per heavy atom. The molecule has 3 aliphatic rings. The highest BCUT2D eigenvalue weighted by Crippen LogP contribution is 2.59. The highest BCUT2D eigenvalue weighted by atomic mass is 16.2. The van der Waals surface area contributed by atoms with Crippen LogP contribution in [-0.2, 0) is 4.79 Å². The Kier molecular flexibility index (Phi) is 3.35. The molecule has 2 aliphatic carbocycles. The first-order chi connectivity index (χ1) is 8.71. The van der Waals surface area contributed by atoms with E-state index in [0.29, 0.717) is 17.2 Å². The molecule has 1 heterocycles. The van der Waals surface area contributed by atoms with Gasteiger partial charge in [0.15, 0.2) is 0 Å². The van der Waals surface area contributed by atoms with Gasteiger partial charge in [-0.25, -0.2) is 0 Å². The van der Waals surface area contributed by atoms with Gasteiger partial charge in [0.05, 0.1) is 0 Å². The van der Waals surface area contributed by atoms with E-state index in [0.717, 1.165) is 32.0 Å². The number of rotatable bonds is 3. The zero-order valence-electron chi connectivity index (χ0n) is 11.6. The standard InChI is InChI=1S/C15H26N2O/c1-17(11-12-4-2-3-5-12)14(18)13-10-15(13)6-8-16-9-7-15/h12-13,16H,2-11H2,1H3. The lowest BCUT2D eigenvalue weighted by atomic mass is 9.91. The van der Waals surface area contributed by atoms with Gasteiger partial charge in [-0.2, -0.15) is 0 Å². The molecule has 1 atom stereocenters. The Morgan fingerprint density at radius 3 is 2.61 bits per heavy atom. The Labute approximate surface area is 110 Å². The summed E-state index contributed by atoms with van der Waals surface area (Å²) < 4.78 is 0. The monoisotopic (exact) mass is 250 g/mol. The number of carbonyl (C=O) groups is 1. The van der Waals surface area contributed by atoms with Gasteiger partial charge in [0.1, 0.15) is 0 Å². The van der Waals surface area contributed by atoms with E-state index in [-0.39, 0.29) is 0 Å². The van der Waals surface area contributed by atoms with Crippen LogP contribution in [-0.4, -0.2) is 37.5 Å². The van der Waals surface area contributed by atoms with E-state index < -0.39 is 0 Å². The van der Waals surface area contributed by atoms with E-state index >= 15 is 0 Å². The average Bonchev–Trinajstić information content (AvgIpc) is 2.84. The number of nitrogens with one attached hydrogen (secondary N) is 1. The molecule has 1 spiro atoms. The van der Waals surface area contributed by atoms with Crippen LogP contribution >= 0.6 is 0 Å². The second-order valence-electron chi connectivity index (χ2n) is 6.74. The summed E-state index contributed by atoms with van der Waals surface area (Å²) >= 11 is 0. The topological polar surface area (TPSA) is 32.3 Å². The third-order valence-electron chi connectivity index (χ3n) is 5.47. The quantitative estimate of drug-likeness (QED) is 0.831. The fourth-order valence-electron chi connectivity index (χ4n) is 4.11. The zero-order valence-corrected chi connectivity index (χ0v) is 11.6. The van der Waals surface area contributed by atoms with E-state index in [2.05, 4.69) is 5.32 Å². The first kappa shape index (κ1) is 12.5. The minimum absolute atomic E-state index is 0.353. The first-order valence-corrected chi connectivity index (χ1v) is 7.67. The smallest absolute Gasteiger partial charge is 0.226 e. The van der Waals surface area contributed by atoms with Gasteiger partial charge in [-0.1, -0.05) is 12.8 Å². The van der Waals surface area contributed by atoms with Gasteiger partial charge in [0.2, 0.25) is 5.91 Å². The molecule has 3 fully saturated rings. The van der Waals surface area contributed by atoms with Crippen molar-refractivity contribution in [3.05, 3.63) is 0 Å². The summed E-state index contributed by atoms with van der Waals surface area (Å²) in [6, 6.07) is 0. The van der Waals surface area contributed by atoms with Crippen LogP contribution in [0.3, 0.4) is 0 Å². The maximum absolute atomic E-state index is 12.5. The largest absolute Gasteiger partial charge is 0.345 e. The molecule has 102 valence electrons. The lowest BCUT2D eigenvalue weighted by Gasteiger charge is -2.26. The van der Waals surface area contributed by atoms with Crippen molar-refractivity contribution in [2.75, 3.05) is 26.7 Å². The number of hydrogen-bond donors (Lipinski definition) is 1. The fourth-order valence-corrected chi connectivity index (χ4v) is 4.11. The van der Waals surface area contributed by atoms with Crippen molar-refractivity contribution in [1.29, 1.82) is 0 Å². The summed E-state index contributed by atoms with van der Waals surface area (Å²) in [7, 11) is 2.02. The van der Waals surface area contributed by atoms with Crippen molar-refractivity contribution in [3.63, 3.8) is 0 Å². The van der Waals surface area contributed by atoms with Gasteiger partial charge in [-0.15, -0.1) is 0 Å². The summed E-state index contributed by atoms with van der Waals surface area (Å²) in [4.78, 5) is 14.5. The second kappa shape index (κ2) is 4.84. The van der Waals surface area contributed by atoms with E-state index in [1.807, 2.05) is 11.9 Å². The van der Waals surface area contributed by atoms with Crippen LogP contribution in [0.2, 0.25) is 0 Å². The van der Waals surface area contributed by atoms with Crippen molar-refractivity contribution < 1.29 is 4.79 Å². The third-order valence-corrected chi connectivity index (χ3v) is 5.47. The number of piperidine rings is 1. The summed E-state index contributed by atoms with van der Waals surface area (Å²) in [5.41, 5.74) is 0.395. The molecule has 1 N–H and O–H groups in total. The highest BCUT2D eigenvalue weighted by molar-refractivity contribution is 5.82. The van der Waals surface area contributed by atoms with Crippen molar-refractivity contribution in [3.8, 4) is 0 Å². The van der Waals surface area contributed by atoms with Gasteiger partial charge in [-0.3, -0.25) is 4.79 Å². The van der Waals surface area contributed by atoms with Crippen LogP contribution in [0, 0.1) is 17.3 Å². The molecule has 1 aliphatic heterocycles. The second-order valence-corrected chi connectivity index (χ2v) is 6.74.